The molecule has 5 heteroatoms. The molecule has 1 N–H and O–H groups in total. The second-order valence-corrected chi connectivity index (χ2v) is 5.12. The quantitative estimate of drug-likeness (QED) is 0.871. The van der Waals surface area contributed by atoms with E-state index in [1.807, 2.05) is 31.7 Å². The third-order valence-corrected chi connectivity index (χ3v) is 2.92. The van der Waals surface area contributed by atoms with Crippen molar-refractivity contribution in [2.24, 2.45) is 0 Å². The van der Waals surface area contributed by atoms with Gasteiger partial charge in [0.25, 0.3) is 0 Å². The van der Waals surface area contributed by atoms with Crippen LogP contribution in [0.2, 0.25) is 0 Å². The maximum Gasteiger partial charge on any atom is 0.147 e. The monoisotopic (exact) mass is 271 g/mol. The molecular formula is C15H21N5. The number of nitrogens with zero attached hydrogens (tertiary/aromatic N) is 4. The van der Waals surface area contributed by atoms with E-state index in [2.05, 4.69) is 45.1 Å². The van der Waals surface area contributed by atoms with Gasteiger partial charge in [-0.2, -0.15) is 0 Å². The van der Waals surface area contributed by atoms with Crippen LogP contribution in [0.1, 0.15) is 25.1 Å². The van der Waals surface area contributed by atoms with Crippen molar-refractivity contribution in [1.82, 2.24) is 20.3 Å². The molecule has 0 fully saturated rings. The zero-order valence-corrected chi connectivity index (χ0v) is 12.2. The maximum absolute atomic E-state index is 4.46. The van der Waals surface area contributed by atoms with Gasteiger partial charge in [0.1, 0.15) is 5.82 Å². The van der Waals surface area contributed by atoms with Crippen LogP contribution in [0, 0.1) is 0 Å². The standard InChI is InChI=1S/C15H21N5/c1-12(2)17-8-14-9-19-15(10-18-14)20(3)11-13-5-4-6-16-7-13/h4-7,9-10,12,17H,8,11H2,1-3H3. The number of anilines is 1. The first-order chi connectivity index (χ1) is 9.65. The summed E-state index contributed by atoms with van der Waals surface area (Å²) in [6, 6.07) is 4.44. The molecule has 2 aromatic rings. The molecule has 2 heterocycles. The summed E-state index contributed by atoms with van der Waals surface area (Å²) in [5.41, 5.74) is 2.11. The van der Waals surface area contributed by atoms with Gasteiger partial charge >= 0.3 is 0 Å². The van der Waals surface area contributed by atoms with Crippen LogP contribution < -0.4 is 10.2 Å². The minimum absolute atomic E-state index is 0.449. The second-order valence-electron chi connectivity index (χ2n) is 5.12. The first-order valence-electron chi connectivity index (χ1n) is 6.79. The minimum atomic E-state index is 0.449. The lowest BCUT2D eigenvalue weighted by Gasteiger charge is -2.17. The zero-order valence-electron chi connectivity index (χ0n) is 12.2. The Labute approximate surface area is 120 Å². The van der Waals surface area contributed by atoms with Crippen LogP contribution in [0.4, 0.5) is 5.82 Å². The molecule has 106 valence electrons. The van der Waals surface area contributed by atoms with Crippen molar-refractivity contribution in [2.45, 2.75) is 33.0 Å². The zero-order chi connectivity index (χ0) is 14.4. The van der Waals surface area contributed by atoms with Crippen LogP contribution in [0.3, 0.4) is 0 Å². The fourth-order valence-corrected chi connectivity index (χ4v) is 1.79. The van der Waals surface area contributed by atoms with E-state index in [1.165, 1.54) is 0 Å². The normalized spacial score (nSPS) is 10.8. The summed E-state index contributed by atoms with van der Waals surface area (Å²) in [4.78, 5) is 15.1. The highest BCUT2D eigenvalue weighted by Crippen LogP contribution is 2.10. The SMILES string of the molecule is CC(C)NCc1cnc(N(C)Cc2cccnc2)cn1. The second kappa shape index (κ2) is 6.96. The van der Waals surface area contributed by atoms with Crippen molar-refractivity contribution in [3.8, 4) is 0 Å². The lowest BCUT2D eigenvalue weighted by atomic mass is 10.3. The van der Waals surface area contributed by atoms with Crippen LogP contribution in [-0.4, -0.2) is 28.0 Å². The van der Waals surface area contributed by atoms with Gasteiger partial charge in [0, 0.05) is 38.6 Å². The van der Waals surface area contributed by atoms with Gasteiger partial charge < -0.3 is 10.2 Å². The van der Waals surface area contributed by atoms with E-state index in [0.717, 1.165) is 30.2 Å². The Bertz CT molecular complexity index is 510. The summed E-state index contributed by atoms with van der Waals surface area (Å²) >= 11 is 0. The van der Waals surface area contributed by atoms with E-state index < -0.39 is 0 Å². The Morgan fingerprint density at radius 3 is 2.65 bits per heavy atom. The van der Waals surface area contributed by atoms with Crippen LogP contribution in [0.15, 0.2) is 36.9 Å². The van der Waals surface area contributed by atoms with E-state index in [1.54, 1.807) is 6.20 Å². The highest BCUT2D eigenvalue weighted by Gasteiger charge is 2.05. The maximum atomic E-state index is 4.46. The molecule has 2 aromatic heterocycles. The van der Waals surface area contributed by atoms with Crippen molar-refractivity contribution in [1.29, 1.82) is 0 Å². The summed E-state index contributed by atoms with van der Waals surface area (Å²) in [7, 11) is 2.00. The highest BCUT2D eigenvalue weighted by molar-refractivity contribution is 5.35. The number of pyridine rings is 1. The van der Waals surface area contributed by atoms with Crippen molar-refractivity contribution in [2.75, 3.05) is 11.9 Å². The Kier molecular flexibility index (Phi) is 5.01. The van der Waals surface area contributed by atoms with Crippen molar-refractivity contribution >= 4 is 5.82 Å². The number of hydrogen-bond donors (Lipinski definition) is 1. The van der Waals surface area contributed by atoms with Crippen LogP contribution >= 0.6 is 0 Å². The third kappa shape index (κ3) is 4.28. The topological polar surface area (TPSA) is 53.9 Å². The molecule has 0 aromatic carbocycles. The van der Waals surface area contributed by atoms with Crippen LogP contribution in [0.25, 0.3) is 0 Å². The summed E-state index contributed by atoms with van der Waals surface area (Å²) in [5, 5.41) is 3.33. The molecule has 0 saturated carbocycles. The van der Waals surface area contributed by atoms with Gasteiger partial charge in [-0.05, 0) is 11.6 Å². The lowest BCUT2D eigenvalue weighted by molar-refractivity contribution is 0.580. The van der Waals surface area contributed by atoms with Crippen molar-refractivity contribution < 1.29 is 0 Å². The number of hydrogen-bond acceptors (Lipinski definition) is 5. The summed E-state index contributed by atoms with van der Waals surface area (Å²) in [5.74, 6) is 0.863. The number of nitrogens with one attached hydrogen (secondary N) is 1. The molecule has 0 aliphatic rings. The fourth-order valence-electron chi connectivity index (χ4n) is 1.79. The smallest absolute Gasteiger partial charge is 0.147 e. The van der Waals surface area contributed by atoms with Gasteiger partial charge in [0.15, 0.2) is 0 Å². The molecule has 0 spiro atoms. The Balaban J connectivity index is 1.95. The molecule has 20 heavy (non-hydrogen) atoms. The largest absolute Gasteiger partial charge is 0.354 e. The molecule has 0 aliphatic heterocycles. The average Bonchev–Trinajstić information content (AvgIpc) is 2.46. The average molecular weight is 271 g/mol. The van der Waals surface area contributed by atoms with Gasteiger partial charge in [-0.1, -0.05) is 19.9 Å². The molecule has 5 nitrogen and oxygen atoms in total. The van der Waals surface area contributed by atoms with E-state index in [4.69, 9.17) is 0 Å². The first kappa shape index (κ1) is 14.4. The number of aromatic nitrogens is 3. The Morgan fingerprint density at radius 2 is 2.05 bits per heavy atom. The molecule has 0 saturated heterocycles. The highest BCUT2D eigenvalue weighted by atomic mass is 15.2. The fraction of sp³-hybridized carbons (Fsp3) is 0.400. The first-order valence-corrected chi connectivity index (χ1v) is 6.79. The third-order valence-electron chi connectivity index (χ3n) is 2.92. The van der Waals surface area contributed by atoms with E-state index >= 15 is 0 Å². The molecule has 2 rings (SSSR count). The Hall–Kier alpha value is -2.01. The molecule has 0 atom stereocenters. The Morgan fingerprint density at radius 1 is 1.20 bits per heavy atom. The van der Waals surface area contributed by atoms with E-state index in [0.29, 0.717) is 6.04 Å². The molecule has 0 bridgehead atoms. The molecular weight excluding hydrogens is 250 g/mol. The summed E-state index contributed by atoms with van der Waals surface area (Å²) in [6.45, 7) is 5.75. The van der Waals surface area contributed by atoms with Crippen molar-refractivity contribution in [3.05, 3.63) is 48.2 Å². The predicted octanol–water partition coefficient (Wildman–Crippen LogP) is 2.01. The molecule has 0 unspecified atom stereocenters. The van der Waals surface area contributed by atoms with Gasteiger partial charge in [-0.3, -0.25) is 9.97 Å². The van der Waals surface area contributed by atoms with Crippen molar-refractivity contribution in [3.63, 3.8) is 0 Å². The molecule has 0 radical (unpaired) electrons. The molecule has 0 amide bonds. The van der Waals surface area contributed by atoms with Gasteiger partial charge in [0.2, 0.25) is 0 Å². The number of rotatable bonds is 6. The van der Waals surface area contributed by atoms with Gasteiger partial charge in [-0.15, -0.1) is 0 Å². The minimum Gasteiger partial charge on any atom is -0.354 e. The predicted molar refractivity (Wildman–Crippen MR) is 80.4 cm³/mol. The summed E-state index contributed by atoms with van der Waals surface area (Å²) < 4.78 is 0. The van der Waals surface area contributed by atoms with Gasteiger partial charge in [-0.25, -0.2) is 4.98 Å². The van der Waals surface area contributed by atoms with Gasteiger partial charge in [0.05, 0.1) is 18.1 Å². The lowest BCUT2D eigenvalue weighted by Crippen LogP contribution is -2.23. The van der Waals surface area contributed by atoms with Crippen LogP contribution in [-0.2, 0) is 13.1 Å². The molecule has 0 aliphatic carbocycles. The van der Waals surface area contributed by atoms with Crippen LogP contribution in [0.5, 0.6) is 0 Å². The van der Waals surface area contributed by atoms with E-state index in [-0.39, 0.29) is 0 Å². The summed E-state index contributed by atoms with van der Waals surface area (Å²) in [6.07, 6.45) is 7.28. The van der Waals surface area contributed by atoms with E-state index in [9.17, 15) is 0 Å².